The van der Waals surface area contributed by atoms with Crippen LogP contribution in [0.2, 0.25) is 0 Å². The Balaban J connectivity index is 2.21. The average molecular weight is 245 g/mol. The first-order valence-corrected chi connectivity index (χ1v) is 7.00. The molecule has 4 heteroatoms. The topological polar surface area (TPSA) is 38.3 Å². The molecule has 16 heavy (non-hydrogen) atoms. The normalized spacial score (nSPS) is 26.2. The molecule has 94 valence electrons. The number of carbonyl (C=O) groups is 1. The van der Waals surface area contributed by atoms with Crippen molar-refractivity contribution in [3.05, 3.63) is 0 Å². The summed E-state index contributed by atoms with van der Waals surface area (Å²) in [6.07, 6.45) is 2.10. The molecule has 1 rings (SSSR count). The van der Waals surface area contributed by atoms with Crippen molar-refractivity contribution in [2.45, 2.75) is 51.4 Å². The van der Waals surface area contributed by atoms with Crippen molar-refractivity contribution < 1.29 is 9.53 Å². The average Bonchev–Trinajstić information content (AvgIpc) is 2.12. The van der Waals surface area contributed by atoms with Gasteiger partial charge in [-0.2, -0.15) is 11.8 Å². The molecular formula is C12H23NO2S. The molecule has 1 saturated heterocycles. The molecule has 1 heterocycles. The Morgan fingerprint density at radius 2 is 2.19 bits per heavy atom. The van der Waals surface area contributed by atoms with Crippen LogP contribution in [0.15, 0.2) is 0 Å². The third-order valence-corrected chi connectivity index (χ3v) is 3.76. The summed E-state index contributed by atoms with van der Waals surface area (Å²) in [6.45, 7) is 8.65. The minimum absolute atomic E-state index is 0.293. The number of thioether (sulfide) groups is 1. The molecule has 3 nitrogen and oxygen atoms in total. The second-order valence-electron chi connectivity index (χ2n) is 5.45. The molecule has 0 radical (unpaired) electrons. The Labute approximate surface area is 103 Å². The van der Waals surface area contributed by atoms with Gasteiger partial charge in [-0.25, -0.2) is 4.79 Å². The molecule has 1 fully saturated rings. The summed E-state index contributed by atoms with van der Waals surface area (Å²) in [6, 6.07) is 0. The maximum atomic E-state index is 11.4. The zero-order valence-electron chi connectivity index (χ0n) is 10.7. The summed E-state index contributed by atoms with van der Waals surface area (Å²) in [7, 11) is 0. The smallest absolute Gasteiger partial charge is 0.407 e. The van der Waals surface area contributed by atoms with Crippen LogP contribution < -0.4 is 5.32 Å². The number of hydrogen-bond donors (Lipinski definition) is 1. The third kappa shape index (κ3) is 5.64. The number of carbonyl (C=O) groups excluding carboxylic acids is 1. The van der Waals surface area contributed by atoms with Gasteiger partial charge in [-0.05, 0) is 45.3 Å². The fraction of sp³-hybridized carbons (Fsp3) is 0.917. The molecule has 1 aliphatic rings. The van der Waals surface area contributed by atoms with Gasteiger partial charge in [0.25, 0.3) is 0 Å². The number of rotatable bonds is 2. The summed E-state index contributed by atoms with van der Waals surface area (Å²) < 4.78 is 5.20. The number of ether oxygens (including phenoxy) is 1. The molecule has 0 aromatic carbocycles. The SMILES string of the molecule is C[C@@H]1C[C@@H](CNC(=O)OC(C)(C)C)CCS1. The predicted octanol–water partition coefficient (Wildman–Crippen LogP) is 3.04. The number of alkyl carbamates (subject to hydrolysis) is 1. The molecule has 0 bridgehead atoms. The Hall–Kier alpha value is -0.380. The van der Waals surface area contributed by atoms with Gasteiger partial charge in [-0.3, -0.25) is 0 Å². The highest BCUT2D eigenvalue weighted by atomic mass is 32.2. The molecule has 2 atom stereocenters. The van der Waals surface area contributed by atoms with Gasteiger partial charge in [-0.1, -0.05) is 6.92 Å². The molecule has 0 spiro atoms. The van der Waals surface area contributed by atoms with Crippen LogP contribution in [0.1, 0.15) is 40.5 Å². The van der Waals surface area contributed by atoms with Gasteiger partial charge < -0.3 is 10.1 Å². The molecule has 0 aromatic rings. The quantitative estimate of drug-likeness (QED) is 0.812. The standard InChI is InChI=1S/C12H23NO2S/c1-9-7-10(5-6-16-9)8-13-11(14)15-12(2,3)4/h9-10H,5-8H2,1-4H3,(H,13,14)/t9-,10+/m1/s1. The first-order valence-electron chi connectivity index (χ1n) is 5.95. The lowest BCUT2D eigenvalue weighted by Gasteiger charge is -2.27. The van der Waals surface area contributed by atoms with Crippen molar-refractivity contribution in [3.63, 3.8) is 0 Å². The monoisotopic (exact) mass is 245 g/mol. The maximum absolute atomic E-state index is 11.4. The van der Waals surface area contributed by atoms with Crippen molar-refractivity contribution in [2.24, 2.45) is 5.92 Å². The van der Waals surface area contributed by atoms with E-state index in [2.05, 4.69) is 12.2 Å². The Bertz CT molecular complexity index is 238. The van der Waals surface area contributed by atoms with E-state index in [0.29, 0.717) is 5.92 Å². The number of hydrogen-bond acceptors (Lipinski definition) is 3. The first kappa shape index (κ1) is 13.7. The maximum Gasteiger partial charge on any atom is 0.407 e. The predicted molar refractivity (Wildman–Crippen MR) is 68.9 cm³/mol. The molecule has 0 aromatic heterocycles. The van der Waals surface area contributed by atoms with E-state index in [1.54, 1.807) is 0 Å². The van der Waals surface area contributed by atoms with Crippen LogP contribution >= 0.6 is 11.8 Å². The van der Waals surface area contributed by atoms with Gasteiger partial charge in [0.2, 0.25) is 0 Å². The number of nitrogens with one attached hydrogen (secondary N) is 1. The molecule has 0 unspecified atom stereocenters. The lowest BCUT2D eigenvalue weighted by molar-refractivity contribution is 0.0518. The first-order chi connectivity index (χ1) is 7.37. The van der Waals surface area contributed by atoms with Crippen molar-refractivity contribution >= 4 is 17.9 Å². The highest BCUT2D eigenvalue weighted by Crippen LogP contribution is 2.28. The van der Waals surface area contributed by atoms with E-state index >= 15 is 0 Å². The van der Waals surface area contributed by atoms with Crippen LogP contribution in [0.4, 0.5) is 4.79 Å². The zero-order chi connectivity index (χ0) is 12.2. The Kier molecular flexibility index (Phi) is 4.96. The van der Waals surface area contributed by atoms with Crippen molar-refractivity contribution in [1.82, 2.24) is 5.32 Å². The van der Waals surface area contributed by atoms with Crippen LogP contribution in [0, 0.1) is 5.92 Å². The van der Waals surface area contributed by atoms with Crippen LogP contribution in [-0.2, 0) is 4.74 Å². The van der Waals surface area contributed by atoms with Crippen LogP contribution in [0.3, 0.4) is 0 Å². The summed E-state index contributed by atoms with van der Waals surface area (Å²) in [5, 5.41) is 3.58. The fourth-order valence-electron chi connectivity index (χ4n) is 1.82. The second-order valence-corrected chi connectivity index (χ2v) is 7.00. The minimum atomic E-state index is -0.403. The molecule has 0 aliphatic carbocycles. The number of amides is 1. The molecule has 0 saturated carbocycles. The molecule has 1 aliphatic heterocycles. The van der Waals surface area contributed by atoms with Crippen LogP contribution in [0.5, 0.6) is 0 Å². The van der Waals surface area contributed by atoms with Gasteiger partial charge in [0.15, 0.2) is 0 Å². The lowest BCUT2D eigenvalue weighted by atomic mass is 10.00. The lowest BCUT2D eigenvalue weighted by Crippen LogP contribution is -2.36. The van der Waals surface area contributed by atoms with E-state index in [-0.39, 0.29) is 6.09 Å². The molecule has 1 amide bonds. The van der Waals surface area contributed by atoms with Crippen LogP contribution in [-0.4, -0.2) is 29.2 Å². The van der Waals surface area contributed by atoms with Crippen molar-refractivity contribution in [2.75, 3.05) is 12.3 Å². The molecule has 1 N–H and O–H groups in total. The summed E-state index contributed by atoms with van der Waals surface area (Å²) in [4.78, 5) is 11.4. The largest absolute Gasteiger partial charge is 0.444 e. The highest BCUT2D eigenvalue weighted by Gasteiger charge is 2.21. The van der Waals surface area contributed by atoms with E-state index < -0.39 is 5.60 Å². The van der Waals surface area contributed by atoms with Crippen molar-refractivity contribution in [3.8, 4) is 0 Å². The van der Waals surface area contributed by atoms with E-state index in [0.717, 1.165) is 11.8 Å². The summed E-state index contributed by atoms with van der Waals surface area (Å²) >= 11 is 2.02. The van der Waals surface area contributed by atoms with Gasteiger partial charge >= 0.3 is 6.09 Å². The van der Waals surface area contributed by atoms with Gasteiger partial charge in [0.05, 0.1) is 0 Å². The van der Waals surface area contributed by atoms with E-state index in [9.17, 15) is 4.79 Å². The van der Waals surface area contributed by atoms with Crippen LogP contribution in [0.25, 0.3) is 0 Å². The summed E-state index contributed by atoms with van der Waals surface area (Å²) in [5.74, 6) is 1.82. The van der Waals surface area contributed by atoms with E-state index in [4.69, 9.17) is 4.74 Å². The van der Waals surface area contributed by atoms with Crippen molar-refractivity contribution in [1.29, 1.82) is 0 Å². The van der Waals surface area contributed by atoms with Gasteiger partial charge in [-0.15, -0.1) is 0 Å². The highest BCUT2D eigenvalue weighted by molar-refractivity contribution is 7.99. The summed E-state index contributed by atoms with van der Waals surface area (Å²) in [5.41, 5.74) is -0.403. The molecular weight excluding hydrogens is 222 g/mol. The van der Waals surface area contributed by atoms with E-state index in [1.165, 1.54) is 18.6 Å². The van der Waals surface area contributed by atoms with E-state index in [1.807, 2.05) is 32.5 Å². The second kappa shape index (κ2) is 5.80. The third-order valence-electron chi connectivity index (χ3n) is 2.53. The Morgan fingerprint density at radius 1 is 1.50 bits per heavy atom. The Morgan fingerprint density at radius 3 is 2.75 bits per heavy atom. The zero-order valence-corrected chi connectivity index (χ0v) is 11.5. The van der Waals surface area contributed by atoms with Gasteiger partial charge in [0.1, 0.15) is 5.60 Å². The fourth-order valence-corrected chi connectivity index (χ4v) is 3.10. The minimum Gasteiger partial charge on any atom is -0.444 e. The van der Waals surface area contributed by atoms with Gasteiger partial charge in [0, 0.05) is 11.8 Å².